The number of thioether (sulfide) groups is 1. The Kier molecular flexibility index (Phi) is 6.82. The number of aliphatic hydroxyl groups is 1. The van der Waals surface area contributed by atoms with Gasteiger partial charge in [-0.1, -0.05) is 6.92 Å². The number of hydrogen-bond donors (Lipinski definition) is 2. The average molecular weight is 205 g/mol. The molecule has 1 unspecified atom stereocenters. The first-order chi connectivity index (χ1) is 5.95. The predicted octanol–water partition coefficient (Wildman–Crippen LogP) is 1.88. The van der Waals surface area contributed by atoms with Gasteiger partial charge >= 0.3 is 0 Å². The highest BCUT2D eigenvalue weighted by Gasteiger charge is 2.10. The van der Waals surface area contributed by atoms with Crippen molar-refractivity contribution < 1.29 is 5.11 Å². The summed E-state index contributed by atoms with van der Waals surface area (Å²) in [7, 11) is 0. The van der Waals surface area contributed by atoms with Crippen molar-refractivity contribution in [3.63, 3.8) is 0 Å². The van der Waals surface area contributed by atoms with Crippen LogP contribution in [0.25, 0.3) is 0 Å². The van der Waals surface area contributed by atoms with Crippen LogP contribution in [0.2, 0.25) is 0 Å². The first-order valence-electron chi connectivity index (χ1n) is 4.91. The highest BCUT2D eigenvalue weighted by Crippen LogP contribution is 2.08. The molecule has 3 heteroatoms. The summed E-state index contributed by atoms with van der Waals surface area (Å²) in [4.78, 5) is 0. The summed E-state index contributed by atoms with van der Waals surface area (Å²) >= 11 is 1.90. The van der Waals surface area contributed by atoms with Gasteiger partial charge in [-0.15, -0.1) is 0 Å². The molecule has 0 bridgehead atoms. The lowest BCUT2D eigenvalue weighted by molar-refractivity contribution is 0.0712. The van der Waals surface area contributed by atoms with Crippen molar-refractivity contribution in [3.8, 4) is 0 Å². The van der Waals surface area contributed by atoms with Gasteiger partial charge in [-0.25, -0.2) is 0 Å². The second kappa shape index (κ2) is 6.68. The SMILES string of the molecule is CSC(C)CCNCCC(C)(C)O. The van der Waals surface area contributed by atoms with Crippen LogP contribution in [0.4, 0.5) is 0 Å². The lowest BCUT2D eigenvalue weighted by Gasteiger charge is -2.17. The quantitative estimate of drug-likeness (QED) is 0.622. The van der Waals surface area contributed by atoms with Crippen LogP contribution in [-0.4, -0.2) is 35.3 Å². The van der Waals surface area contributed by atoms with Crippen LogP contribution in [0.15, 0.2) is 0 Å². The summed E-state index contributed by atoms with van der Waals surface area (Å²) in [6.07, 6.45) is 4.16. The molecular formula is C10H23NOS. The highest BCUT2D eigenvalue weighted by atomic mass is 32.2. The van der Waals surface area contributed by atoms with Gasteiger partial charge in [0.25, 0.3) is 0 Å². The van der Waals surface area contributed by atoms with Crippen molar-refractivity contribution in [2.75, 3.05) is 19.3 Å². The van der Waals surface area contributed by atoms with Crippen LogP contribution < -0.4 is 5.32 Å². The topological polar surface area (TPSA) is 32.3 Å². The third-order valence-corrected chi connectivity index (χ3v) is 3.08. The van der Waals surface area contributed by atoms with E-state index in [2.05, 4.69) is 18.5 Å². The summed E-state index contributed by atoms with van der Waals surface area (Å²) in [5.74, 6) is 0. The van der Waals surface area contributed by atoms with Crippen LogP contribution in [-0.2, 0) is 0 Å². The molecule has 0 aliphatic heterocycles. The van der Waals surface area contributed by atoms with Crippen molar-refractivity contribution in [1.82, 2.24) is 5.32 Å². The molecule has 80 valence electrons. The van der Waals surface area contributed by atoms with E-state index in [4.69, 9.17) is 0 Å². The minimum Gasteiger partial charge on any atom is -0.390 e. The minimum atomic E-state index is -0.530. The smallest absolute Gasteiger partial charge is 0.0603 e. The van der Waals surface area contributed by atoms with Gasteiger partial charge in [-0.05, 0) is 46.0 Å². The van der Waals surface area contributed by atoms with Gasteiger partial charge in [-0.3, -0.25) is 0 Å². The summed E-state index contributed by atoms with van der Waals surface area (Å²) in [6, 6.07) is 0. The van der Waals surface area contributed by atoms with E-state index in [-0.39, 0.29) is 0 Å². The maximum absolute atomic E-state index is 9.43. The Labute approximate surface area is 86.5 Å². The molecule has 0 aliphatic carbocycles. The maximum Gasteiger partial charge on any atom is 0.0603 e. The standard InChI is InChI=1S/C10H23NOS/c1-9(13-4)5-7-11-8-6-10(2,3)12/h9,11-12H,5-8H2,1-4H3. The van der Waals surface area contributed by atoms with E-state index >= 15 is 0 Å². The summed E-state index contributed by atoms with van der Waals surface area (Å²) in [6.45, 7) is 7.89. The molecule has 0 aromatic carbocycles. The van der Waals surface area contributed by atoms with E-state index < -0.39 is 5.60 Å². The fraction of sp³-hybridized carbons (Fsp3) is 1.00. The molecule has 0 radical (unpaired) electrons. The van der Waals surface area contributed by atoms with Crippen molar-refractivity contribution in [2.24, 2.45) is 0 Å². The Morgan fingerprint density at radius 1 is 1.38 bits per heavy atom. The molecule has 13 heavy (non-hydrogen) atoms. The van der Waals surface area contributed by atoms with E-state index in [9.17, 15) is 5.11 Å². The zero-order valence-corrected chi connectivity index (χ0v) is 10.1. The van der Waals surface area contributed by atoms with E-state index in [1.807, 2.05) is 25.6 Å². The average Bonchev–Trinajstić information content (AvgIpc) is 2.01. The van der Waals surface area contributed by atoms with Gasteiger partial charge in [0, 0.05) is 5.25 Å². The molecule has 0 amide bonds. The lowest BCUT2D eigenvalue weighted by atomic mass is 10.1. The molecular weight excluding hydrogens is 182 g/mol. The molecule has 0 saturated carbocycles. The molecule has 2 N–H and O–H groups in total. The molecule has 0 saturated heterocycles. The largest absolute Gasteiger partial charge is 0.390 e. The van der Waals surface area contributed by atoms with Crippen molar-refractivity contribution in [3.05, 3.63) is 0 Å². The highest BCUT2D eigenvalue weighted by molar-refractivity contribution is 7.99. The van der Waals surface area contributed by atoms with E-state index in [1.165, 1.54) is 6.42 Å². The molecule has 0 heterocycles. The number of hydrogen-bond acceptors (Lipinski definition) is 3. The van der Waals surface area contributed by atoms with Crippen LogP contribution in [0.3, 0.4) is 0 Å². The van der Waals surface area contributed by atoms with Gasteiger partial charge < -0.3 is 10.4 Å². The normalized spacial score (nSPS) is 14.5. The van der Waals surface area contributed by atoms with Gasteiger partial charge in [0.1, 0.15) is 0 Å². The Balaban J connectivity index is 3.18. The van der Waals surface area contributed by atoms with Gasteiger partial charge in [0.15, 0.2) is 0 Å². The summed E-state index contributed by atoms with van der Waals surface area (Å²) in [5.41, 5.74) is -0.530. The number of nitrogens with one attached hydrogen (secondary N) is 1. The molecule has 0 aliphatic rings. The fourth-order valence-electron chi connectivity index (χ4n) is 0.942. The maximum atomic E-state index is 9.43. The fourth-order valence-corrected chi connectivity index (χ4v) is 1.30. The van der Waals surface area contributed by atoms with E-state index in [1.54, 1.807) is 0 Å². The van der Waals surface area contributed by atoms with Crippen molar-refractivity contribution in [1.29, 1.82) is 0 Å². The van der Waals surface area contributed by atoms with Crippen molar-refractivity contribution in [2.45, 2.75) is 44.5 Å². The zero-order chi connectivity index (χ0) is 10.3. The Bertz CT molecular complexity index is 123. The zero-order valence-electron chi connectivity index (χ0n) is 9.26. The molecule has 1 atom stereocenters. The third kappa shape index (κ3) is 10.2. The monoisotopic (exact) mass is 205 g/mol. The first-order valence-corrected chi connectivity index (χ1v) is 6.20. The van der Waals surface area contributed by atoms with E-state index in [0.29, 0.717) is 0 Å². The van der Waals surface area contributed by atoms with Crippen LogP contribution in [0.1, 0.15) is 33.6 Å². The van der Waals surface area contributed by atoms with Gasteiger partial charge in [0.2, 0.25) is 0 Å². The Morgan fingerprint density at radius 3 is 2.46 bits per heavy atom. The van der Waals surface area contributed by atoms with Crippen molar-refractivity contribution >= 4 is 11.8 Å². The number of rotatable bonds is 7. The molecule has 0 aromatic heterocycles. The summed E-state index contributed by atoms with van der Waals surface area (Å²) in [5, 5.41) is 13.5. The molecule has 0 fully saturated rings. The first kappa shape index (κ1) is 13.3. The second-order valence-corrected chi connectivity index (χ2v) is 5.42. The summed E-state index contributed by atoms with van der Waals surface area (Å²) < 4.78 is 0. The molecule has 0 rings (SSSR count). The van der Waals surface area contributed by atoms with Gasteiger partial charge in [-0.2, -0.15) is 11.8 Å². The third-order valence-electron chi connectivity index (χ3n) is 2.04. The molecule has 0 aromatic rings. The lowest BCUT2D eigenvalue weighted by Crippen LogP contribution is -2.27. The Hall–Kier alpha value is 0.270. The molecule has 2 nitrogen and oxygen atoms in total. The predicted molar refractivity (Wildman–Crippen MR) is 61.4 cm³/mol. The van der Waals surface area contributed by atoms with Gasteiger partial charge in [0.05, 0.1) is 5.60 Å². The second-order valence-electron chi connectivity index (χ2n) is 4.15. The van der Waals surface area contributed by atoms with E-state index in [0.717, 1.165) is 24.8 Å². The van der Waals surface area contributed by atoms with Crippen LogP contribution in [0, 0.1) is 0 Å². The minimum absolute atomic E-state index is 0.530. The van der Waals surface area contributed by atoms with Crippen LogP contribution >= 0.6 is 11.8 Å². The molecule has 0 spiro atoms. The Morgan fingerprint density at radius 2 is 2.00 bits per heavy atom. The van der Waals surface area contributed by atoms with Crippen LogP contribution in [0.5, 0.6) is 0 Å².